The van der Waals surface area contributed by atoms with E-state index in [0.717, 1.165) is 22.1 Å². The van der Waals surface area contributed by atoms with Crippen LogP contribution < -0.4 is 5.32 Å². The SMILES string of the molecule is Cc1ccc(F)cc1CNC(=O)c1oc2ccccc2c1C. The van der Waals surface area contributed by atoms with Gasteiger partial charge in [0.2, 0.25) is 0 Å². The van der Waals surface area contributed by atoms with Gasteiger partial charge in [-0.2, -0.15) is 0 Å². The summed E-state index contributed by atoms with van der Waals surface area (Å²) in [4.78, 5) is 12.3. The third kappa shape index (κ3) is 2.60. The van der Waals surface area contributed by atoms with Gasteiger partial charge in [-0.25, -0.2) is 4.39 Å². The fourth-order valence-electron chi connectivity index (χ4n) is 2.48. The van der Waals surface area contributed by atoms with Gasteiger partial charge < -0.3 is 9.73 Å². The summed E-state index contributed by atoms with van der Waals surface area (Å²) in [6, 6.07) is 12.1. The van der Waals surface area contributed by atoms with E-state index in [1.54, 1.807) is 6.07 Å². The third-order valence-corrected chi connectivity index (χ3v) is 3.80. The van der Waals surface area contributed by atoms with Gasteiger partial charge in [-0.15, -0.1) is 0 Å². The van der Waals surface area contributed by atoms with Crippen molar-refractivity contribution in [2.75, 3.05) is 0 Å². The summed E-state index contributed by atoms with van der Waals surface area (Å²) in [6.07, 6.45) is 0. The molecular weight excluding hydrogens is 281 g/mol. The van der Waals surface area contributed by atoms with Gasteiger partial charge in [0.25, 0.3) is 5.91 Å². The van der Waals surface area contributed by atoms with E-state index in [4.69, 9.17) is 4.42 Å². The second-order valence-electron chi connectivity index (χ2n) is 5.31. The largest absolute Gasteiger partial charge is 0.451 e. The Bertz CT molecular complexity index is 851. The van der Waals surface area contributed by atoms with Crippen molar-refractivity contribution in [3.8, 4) is 0 Å². The fraction of sp³-hybridized carbons (Fsp3) is 0.167. The van der Waals surface area contributed by atoms with Crippen molar-refractivity contribution in [1.29, 1.82) is 0 Å². The molecule has 3 aromatic rings. The van der Waals surface area contributed by atoms with Crippen molar-refractivity contribution in [2.24, 2.45) is 0 Å². The zero-order chi connectivity index (χ0) is 15.7. The standard InChI is InChI=1S/C18H16FNO2/c1-11-7-8-14(19)9-13(11)10-20-18(21)17-12(2)15-5-3-4-6-16(15)22-17/h3-9H,10H2,1-2H3,(H,20,21). The van der Waals surface area contributed by atoms with E-state index in [0.29, 0.717) is 11.3 Å². The average Bonchev–Trinajstić information content (AvgIpc) is 2.85. The molecule has 0 unspecified atom stereocenters. The maximum absolute atomic E-state index is 13.3. The number of fused-ring (bicyclic) bond motifs is 1. The average molecular weight is 297 g/mol. The molecule has 0 fully saturated rings. The molecule has 0 spiro atoms. The highest BCUT2D eigenvalue weighted by Gasteiger charge is 2.17. The molecule has 22 heavy (non-hydrogen) atoms. The second kappa shape index (κ2) is 5.64. The molecule has 0 atom stereocenters. The van der Waals surface area contributed by atoms with Crippen molar-refractivity contribution in [3.63, 3.8) is 0 Å². The number of benzene rings is 2. The zero-order valence-electron chi connectivity index (χ0n) is 12.4. The number of nitrogens with one attached hydrogen (secondary N) is 1. The minimum atomic E-state index is -0.310. The quantitative estimate of drug-likeness (QED) is 0.790. The van der Waals surface area contributed by atoms with Crippen molar-refractivity contribution in [3.05, 3.63) is 70.7 Å². The van der Waals surface area contributed by atoms with Gasteiger partial charge in [0.1, 0.15) is 11.4 Å². The Labute approximate surface area is 127 Å². The minimum Gasteiger partial charge on any atom is -0.451 e. The number of hydrogen-bond donors (Lipinski definition) is 1. The molecule has 0 saturated heterocycles. The predicted octanol–water partition coefficient (Wildman–Crippen LogP) is 4.12. The maximum Gasteiger partial charge on any atom is 0.287 e. The van der Waals surface area contributed by atoms with Crippen molar-refractivity contribution >= 4 is 16.9 Å². The molecule has 4 heteroatoms. The monoisotopic (exact) mass is 297 g/mol. The Morgan fingerprint density at radius 1 is 1.18 bits per heavy atom. The molecule has 0 aliphatic carbocycles. The van der Waals surface area contributed by atoms with Crippen LogP contribution in [0.5, 0.6) is 0 Å². The van der Waals surface area contributed by atoms with Crippen molar-refractivity contribution in [1.82, 2.24) is 5.32 Å². The summed E-state index contributed by atoms with van der Waals surface area (Å²) in [5.41, 5.74) is 3.18. The van der Waals surface area contributed by atoms with E-state index in [-0.39, 0.29) is 18.3 Å². The van der Waals surface area contributed by atoms with Crippen molar-refractivity contribution < 1.29 is 13.6 Å². The first-order valence-corrected chi connectivity index (χ1v) is 7.07. The lowest BCUT2D eigenvalue weighted by atomic mass is 10.1. The highest BCUT2D eigenvalue weighted by atomic mass is 19.1. The first kappa shape index (κ1) is 14.3. The molecule has 1 N–H and O–H groups in total. The van der Waals surface area contributed by atoms with E-state index >= 15 is 0 Å². The van der Waals surface area contributed by atoms with E-state index in [9.17, 15) is 9.18 Å². The van der Waals surface area contributed by atoms with Crippen LogP contribution in [0.2, 0.25) is 0 Å². The number of para-hydroxylation sites is 1. The fourth-order valence-corrected chi connectivity index (χ4v) is 2.48. The molecule has 3 rings (SSSR count). The van der Waals surface area contributed by atoms with Crippen LogP contribution in [0.25, 0.3) is 11.0 Å². The first-order chi connectivity index (χ1) is 10.6. The molecular formula is C18H16FNO2. The highest BCUT2D eigenvalue weighted by molar-refractivity contribution is 5.98. The Balaban J connectivity index is 1.82. The summed E-state index contributed by atoms with van der Waals surface area (Å²) in [5, 5.41) is 3.71. The van der Waals surface area contributed by atoms with Gasteiger partial charge in [-0.3, -0.25) is 4.79 Å². The topological polar surface area (TPSA) is 42.2 Å². The maximum atomic E-state index is 13.3. The molecule has 1 aromatic heterocycles. The second-order valence-corrected chi connectivity index (χ2v) is 5.31. The number of rotatable bonds is 3. The number of carbonyl (C=O) groups excluding carboxylic acids is 1. The summed E-state index contributed by atoms with van der Waals surface area (Å²) in [7, 11) is 0. The molecule has 3 nitrogen and oxygen atoms in total. The number of carbonyl (C=O) groups is 1. The van der Waals surface area contributed by atoms with Crippen LogP contribution in [0.3, 0.4) is 0 Å². The van der Waals surface area contributed by atoms with E-state index in [1.165, 1.54) is 12.1 Å². The van der Waals surface area contributed by atoms with Gasteiger partial charge in [0.15, 0.2) is 5.76 Å². The number of halogens is 1. The number of aryl methyl sites for hydroxylation is 2. The van der Waals surface area contributed by atoms with Crippen LogP contribution in [0.4, 0.5) is 4.39 Å². The molecule has 0 aliphatic rings. The van der Waals surface area contributed by atoms with Crippen LogP contribution in [0.1, 0.15) is 27.2 Å². The van der Waals surface area contributed by atoms with Gasteiger partial charge in [-0.1, -0.05) is 24.3 Å². The number of amides is 1. The van der Waals surface area contributed by atoms with Crippen LogP contribution in [-0.4, -0.2) is 5.91 Å². The lowest BCUT2D eigenvalue weighted by Crippen LogP contribution is -2.23. The Kier molecular flexibility index (Phi) is 3.67. The lowest BCUT2D eigenvalue weighted by Gasteiger charge is -2.07. The van der Waals surface area contributed by atoms with Gasteiger partial charge in [0.05, 0.1) is 0 Å². The molecule has 112 valence electrons. The summed E-state index contributed by atoms with van der Waals surface area (Å²) in [5.74, 6) is -0.303. The minimum absolute atomic E-state index is 0.263. The third-order valence-electron chi connectivity index (χ3n) is 3.80. The summed E-state index contributed by atoms with van der Waals surface area (Å²) >= 11 is 0. The predicted molar refractivity (Wildman–Crippen MR) is 83.3 cm³/mol. The number of furan rings is 1. The molecule has 0 aliphatic heterocycles. The van der Waals surface area contributed by atoms with Crippen molar-refractivity contribution in [2.45, 2.75) is 20.4 Å². The molecule has 0 radical (unpaired) electrons. The number of hydrogen-bond acceptors (Lipinski definition) is 2. The molecule has 0 saturated carbocycles. The zero-order valence-corrected chi connectivity index (χ0v) is 12.4. The molecule has 1 heterocycles. The smallest absolute Gasteiger partial charge is 0.287 e. The first-order valence-electron chi connectivity index (χ1n) is 7.07. The van der Waals surface area contributed by atoms with E-state index < -0.39 is 0 Å². The van der Waals surface area contributed by atoms with Crippen LogP contribution in [-0.2, 0) is 6.54 Å². The summed E-state index contributed by atoms with van der Waals surface area (Å²) < 4.78 is 18.9. The molecule has 0 bridgehead atoms. The lowest BCUT2D eigenvalue weighted by molar-refractivity contribution is 0.0924. The summed E-state index contributed by atoms with van der Waals surface area (Å²) in [6.45, 7) is 4.00. The van der Waals surface area contributed by atoms with Crippen LogP contribution in [0.15, 0.2) is 46.9 Å². The van der Waals surface area contributed by atoms with Crippen LogP contribution >= 0.6 is 0 Å². The normalized spacial score (nSPS) is 10.9. The van der Waals surface area contributed by atoms with Gasteiger partial charge in [-0.05, 0) is 43.2 Å². The van der Waals surface area contributed by atoms with E-state index in [2.05, 4.69) is 5.32 Å². The van der Waals surface area contributed by atoms with E-state index in [1.807, 2.05) is 38.1 Å². The Morgan fingerprint density at radius 3 is 2.73 bits per heavy atom. The van der Waals surface area contributed by atoms with Gasteiger partial charge in [0, 0.05) is 17.5 Å². The van der Waals surface area contributed by atoms with Crippen LogP contribution in [0, 0.1) is 19.7 Å². The van der Waals surface area contributed by atoms with Gasteiger partial charge >= 0.3 is 0 Å². The molecule has 2 aromatic carbocycles. The Morgan fingerprint density at radius 2 is 1.95 bits per heavy atom. The molecule has 1 amide bonds. The highest BCUT2D eigenvalue weighted by Crippen LogP contribution is 2.24. The Hall–Kier alpha value is -2.62.